The monoisotopic (exact) mass is 315 g/mol. The molecule has 2 unspecified atom stereocenters. The number of para-hydroxylation sites is 1. The predicted octanol–water partition coefficient (Wildman–Crippen LogP) is 2.29. The number of amides is 3. The SMILES string of the molecule is Cc1cccc(N2CC(CCl)C(Cl)C2=O)c1NC(N)=O. The van der Waals surface area contributed by atoms with Crippen molar-refractivity contribution in [2.75, 3.05) is 22.6 Å². The number of nitrogens with two attached hydrogens (primary N) is 1. The summed E-state index contributed by atoms with van der Waals surface area (Å²) in [4.78, 5) is 24.9. The molecule has 1 aliphatic rings. The van der Waals surface area contributed by atoms with Crippen LogP contribution in [0.25, 0.3) is 0 Å². The average Bonchev–Trinajstić information content (AvgIpc) is 2.68. The van der Waals surface area contributed by atoms with E-state index in [1.165, 1.54) is 0 Å². The first-order chi connectivity index (χ1) is 9.45. The highest BCUT2D eigenvalue weighted by molar-refractivity contribution is 6.35. The summed E-state index contributed by atoms with van der Waals surface area (Å²) >= 11 is 11.9. The van der Waals surface area contributed by atoms with Crippen LogP contribution in [-0.2, 0) is 4.79 Å². The molecular weight excluding hydrogens is 301 g/mol. The number of carbonyl (C=O) groups excluding carboxylic acids is 2. The van der Waals surface area contributed by atoms with Gasteiger partial charge in [-0.15, -0.1) is 23.2 Å². The van der Waals surface area contributed by atoms with Gasteiger partial charge in [0.1, 0.15) is 5.38 Å². The van der Waals surface area contributed by atoms with Crippen molar-refractivity contribution >= 4 is 46.5 Å². The Labute approximate surface area is 127 Å². The molecule has 1 fully saturated rings. The number of urea groups is 1. The lowest BCUT2D eigenvalue weighted by Crippen LogP contribution is -2.29. The molecule has 7 heteroatoms. The summed E-state index contributed by atoms with van der Waals surface area (Å²) < 4.78 is 0. The number of primary amides is 1. The second-order valence-electron chi connectivity index (χ2n) is 4.72. The van der Waals surface area contributed by atoms with Gasteiger partial charge in [0.2, 0.25) is 5.91 Å². The predicted molar refractivity (Wildman–Crippen MR) is 80.6 cm³/mol. The van der Waals surface area contributed by atoms with Gasteiger partial charge in [-0.05, 0) is 18.6 Å². The summed E-state index contributed by atoms with van der Waals surface area (Å²) in [6.45, 7) is 2.25. The Balaban J connectivity index is 2.40. The Bertz CT molecular complexity index is 550. The number of hydrogen-bond donors (Lipinski definition) is 2. The fourth-order valence-corrected chi connectivity index (χ4v) is 2.93. The molecule has 1 heterocycles. The summed E-state index contributed by atoms with van der Waals surface area (Å²) in [5.74, 6) is -0.0240. The number of rotatable bonds is 3. The van der Waals surface area contributed by atoms with Crippen LogP contribution in [0.2, 0.25) is 0 Å². The number of halogens is 2. The van der Waals surface area contributed by atoms with Crippen LogP contribution < -0.4 is 16.0 Å². The first-order valence-corrected chi connectivity index (χ1v) is 7.10. The molecule has 20 heavy (non-hydrogen) atoms. The first-order valence-electron chi connectivity index (χ1n) is 6.13. The van der Waals surface area contributed by atoms with E-state index in [-0.39, 0.29) is 11.8 Å². The molecule has 0 spiro atoms. The summed E-state index contributed by atoms with van der Waals surface area (Å²) in [5, 5.41) is 1.91. The molecule has 3 amide bonds. The number of nitrogens with zero attached hydrogens (tertiary/aromatic N) is 1. The average molecular weight is 316 g/mol. The number of anilines is 2. The molecule has 0 aromatic heterocycles. The van der Waals surface area contributed by atoms with Crippen molar-refractivity contribution < 1.29 is 9.59 Å². The van der Waals surface area contributed by atoms with E-state index in [9.17, 15) is 9.59 Å². The second-order valence-corrected chi connectivity index (χ2v) is 5.50. The maximum atomic E-state index is 12.2. The van der Waals surface area contributed by atoms with E-state index < -0.39 is 11.4 Å². The zero-order valence-corrected chi connectivity index (χ0v) is 12.4. The molecule has 1 aromatic carbocycles. The van der Waals surface area contributed by atoms with Gasteiger partial charge in [0.25, 0.3) is 0 Å². The smallest absolute Gasteiger partial charge is 0.316 e. The van der Waals surface area contributed by atoms with Gasteiger partial charge in [-0.3, -0.25) is 4.79 Å². The highest BCUT2D eigenvalue weighted by Gasteiger charge is 2.40. The molecule has 1 aromatic rings. The number of alkyl halides is 2. The Kier molecular flexibility index (Phi) is 4.40. The maximum Gasteiger partial charge on any atom is 0.316 e. The van der Waals surface area contributed by atoms with E-state index in [1.54, 1.807) is 17.0 Å². The molecular formula is C13H15Cl2N3O2. The molecule has 1 aliphatic heterocycles. The molecule has 0 aliphatic carbocycles. The van der Waals surface area contributed by atoms with Crippen molar-refractivity contribution in [1.82, 2.24) is 0 Å². The number of aryl methyl sites for hydroxylation is 1. The summed E-state index contributed by atoms with van der Waals surface area (Å²) in [5.41, 5.74) is 7.10. The largest absolute Gasteiger partial charge is 0.351 e. The van der Waals surface area contributed by atoms with Gasteiger partial charge in [0, 0.05) is 18.3 Å². The molecule has 5 nitrogen and oxygen atoms in total. The van der Waals surface area contributed by atoms with Crippen molar-refractivity contribution in [2.45, 2.75) is 12.3 Å². The van der Waals surface area contributed by atoms with E-state index in [2.05, 4.69) is 5.32 Å². The third-order valence-corrected chi connectivity index (χ3v) is 4.26. The Morgan fingerprint density at radius 3 is 2.80 bits per heavy atom. The van der Waals surface area contributed by atoms with Gasteiger partial charge in [0.05, 0.1) is 11.4 Å². The molecule has 2 atom stereocenters. The van der Waals surface area contributed by atoms with Crippen molar-refractivity contribution in [3.8, 4) is 0 Å². The fourth-order valence-electron chi connectivity index (χ4n) is 2.27. The van der Waals surface area contributed by atoms with E-state index in [1.807, 2.05) is 13.0 Å². The number of nitrogens with one attached hydrogen (secondary N) is 1. The van der Waals surface area contributed by atoms with Crippen LogP contribution in [0, 0.1) is 12.8 Å². The topological polar surface area (TPSA) is 75.4 Å². The zero-order valence-electron chi connectivity index (χ0n) is 10.9. The van der Waals surface area contributed by atoms with E-state index in [0.717, 1.165) is 5.56 Å². The van der Waals surface area contributed by atoms with E-state index in [4.69, 9.17) is 28.9 Å². The normalized spacial score (nSPS) is 22.1. The Hall–Kier alpha value is -1.46. The van der Waals surface area contributed by atoms with Crippen LogP contribution in [0.5, 0.6) is 0 Å². The molecule has 2 rings (SSSR count). The number of benzene rings is 1. The van der Waals surface area contributed by atoms with Crippen molar-refractivity contribution in [2.24, 2.45) is 11.7 Å². The van der Waals surface area contributed by atoms with Crippen LogP contribution in [-0.4, -0.2) is 29.7 Å². The lowest BCUT2D eigenvalue weighted by Gasteiger charge is -2.21. The van der Waals surface area contributed by atoms with Gasteiger partial charge < -0.3 is 16.0 Å². The summed E-state index contributed by atoms with van der Waals surface area (Å²) in [7, 11) is 0. The maximum absolute atomic E-state index is 12.2. The molecule has 0 bridgehead atoms. The van der Waals surface area contributed by atoms with Crippen molar-refractivity contribution in [3.63, 3.8) is 0 Å². The van der Waals surface area contributed by atoms with Gasteiger partial charge in [0.15, 0.2) is 0 Å². The van der Waals surface area contributed by atoms with Gasteiger partial charge >= 0.3 is 6.03 Å². The van der Waals surface area contributed by atoms with Gasteiger partial charge in [-0.2, -0.15) is 0 Å². The first kappa shape index (κ1) is 14.9. The lowest BCUT2D eigenvalue weighted by atomic mass is 10.1. The van der Waals surface area contributed by atoms with Crippen LogP contribution >= 0.6 is 23.2 Å². The molecule has 0 saturated carbocycles. The molecule has 108 valence electrons. The quantitative estimate of drug-likeness (QED) is 0.840. The summed E-state index contributed by atoms with van der Waals surface area (Å²) in [6.07, 6.45) is 0. The highest BCUT2D eigenvalue weighted by atomic mass is 35.5. The van der Waals surface area contributed by atoms with E-state index in [0.29, 0.717) is 23.8 Å². The number of carbonyl (C=O) groups is 2. The van der Waals surface area contributed by atoms with Crippen LogP contribution in [0.4, 0.5) is 16.2 Å². The lowest BCUT2D eigenvalue weighted by molar-refractivity contribution is -0.117. The third kappa shape index (κ3) is 2.69. The second kappa shape index (κ2) is 5.89. The summed E-state index contributed by atoms with van der Waals surface area (Å²) in [6, 6.07) is 4.70. The third-order valence-electron chi connectivity index (χ3n) is 3.32. The minimum Gasteiger partial charge on any atom is -0.351 e. The van der Waals surface area contributed by atoms with Crippen LogP contribution in [0.15, 0.2) is 18.2 Å². The standard InChI is InChI=1S/C13H15Cl2N3O2/c1-7-3-2-4-9(11(7)17-13(16)20)18-6-8(5-14)10(15)12(18)19/h2-4,8,10H,5-6H2,1H3,(H3,16,17,20). The minimum absolute atomic E-state index is 0.118. The van der Waals surface area contributed by atoms with Gasteiger partial charge in [-0.25, -0.2) is 4.79 Å². The highest BCUT2D eigenvalue weighted by Crippen LogP contribution is 2.35. The van der Waals surface area contributed by atoms with Crippen molar-refractivity contribution in [1.29, 1.82) is 0 Å². The fraction of sp³-hybridized carbons (Fsp3) is 0.385. The van der Waals surface area contributed by atoms with E-state index >= 15 is 0 Å². The molecule has 1 saturated heterocycles. The van der Waals surface area contributed by atoms with Crippen molar-refractivity contribution in [3.05, 3.63) is 23.8 Å². The van der Waals surface area contributed by atoms with Crippen LogP contribution in [0.3, 0.4) is 0 Å². The molecule has 3 N–H and O–H groups in total. The van der Waals surface area contributed by atoms with Crippen LogP contribution in [0.1, 0.15) is 5.56 Å². The Morgan fingerprint density at radius 1 is 1.55 bits per heavy atom. The number of hydrogen-bond acceptors (Lipinski definition) is 2. The zero-order chi connectivity index (χ0) is 14.9. The molecule has 0 radical (unpaired) electrons. The Morgan fingerprint density at radius 2 is 2.25 bits per heavy atom. The van der Waals surface area contributed by atoms with Gasteiger partial charge in [-0.1, -0.05) is 12.1 Å². The minimum atomic E-state index is -0.677.